The number of fused-ring (bicyclic) bond motifs is 1. The number of amides is 1. The summed E-state index contributed by atoms with van der Waals surface area (Å²) >= 11 is 0. The smallest absolute Gasteiger partial charge is 0.243 e. The second kappa shape index (κ2) is 5.64. The van der Waals surface area contributed by atoms with Crippen molar-refractivity contribution in [1.82, 2.24) is 5.32 Å². The minimum atomic E-state index is -0.175. The summed E-state index contributed by atoms with van der Waals surface area (Å²) in [5.74, 6) is 0.109. The number of para-hydroxylation sites is 1. The summed E-state index contributed by atoms with van der Waals surface area (Å²) in [5.41, 5.74) is 2.15. The number of hydrogen-bond donors (Lipinski definition) is 2. The zero-order chi connectivity index (χ0) is 13.9. The van der Waals surface area contributed by atoms with Crippen LogP contribution in [0.3, 0.4) is 0 Å². The van der Waals surface area contributed by atoms with E-state index in [-0.39, 0.29) is 17.4 Å². The van der Waals surface area contributed by atoms with E-state index in [9.17, 15) is 4.79 Å². The first-order chi connectivity index (χ1) is 9.07. The summed E-state index contributed by atoms with van der Waals surface area (Å²) in [4.78, 5) is 12.3. The highest BCUT2D eigenvalue weighted by Gasteiger charge is 2.43. The van der Waals surface area contributed by atoms with E-state index in [0.717, 1.165) is 18.7 Å². The van der Waals surface area contributed by atoms with Gasteiger partial charge in [-0.05, 0) is 18.1 Å². The first kappa shape index (κ1) is 13.9. The molecule has 2 rings (SSSR count). The van der Waals surface area contributed by atoms with Gasteiger partial charge in [0.1, 0.15) is 6.04 Å². The van der Waals surface area contributed by atoms with Crippen molar-refractivity contribution in [1.29, 1.82) is 0 Å². The number of hydrogen-bond acceptors (Lipinski definition) is 2. The molecule has 1 unspecified atom stereocenters. The molecule has 104 valence electrons. The van der Waals surface area contributed by atoms with Gasteiger partial charge in [-0.2, -0.15) is 0 Å². The molecule has 0 bridgehead atoms. The van der Waals surface area contributed by atoms with Crippen LogP contribution in [0.25, 0.3) is 0 Å². The Morgan fingerprint density at radius 1 is 1.32 bits per heavy atom. The topological polar surface area (TPSA) is 41.1 Å². The third kappa shape index (κ3) is 2.75. The van der Waals surface area contributed by atoms with Crippen molar-refractivity contribution in [2.24, 2.45) is 0 Å². The quantitative estimate of drug-likeness (QED) is 0.799. The Labute approximate surface area is 115 Å². The number of carbonyl (C=O) groups is 1. The van der Waals surface area contributed by atoms with E-state index in [4.69, 9.17) is 0 Å². The van der Waals surface area contributed by atoms with Crippen molar-refractivity contribution >= 4 is 11.6 Å². The zero-order valence-electron chi connectivity index (χ0n) is 12.1. The summed E-state index contributed by atoms with van der Waals surface area (Å²) in [7, 11) is 0. The molecule has 0 saturated carbocycles. The molecule has 1 aliphatic heterocycles. The van der Waals surface area contributed by atoms with Crippen molar-refractivity contribution in [3.05, 3.63) is 29.8 Å². The lowest BCUT2D eigenvalue weighted by Gasteiger charge is -2.26. The van der Waals surface area contributed by atoms with Gasteiger partial charge in [0.15, 0.2) is 0 Å². The summed E-state index contributed by atoms with van der Waals surface area (Å²) in [6.45, 7) is 7.20. The maximum atomic E-state index is 12.3. The maximum Gasteiger partial charge on any atom is 0.243 e. The third-order valence-corrected chi connectivity index (χ3v) is 3.98. The maximum absolute atomic E-state index is 12.3. The molecule has 1 aromatic rings. The van der Waals surface area contributed by atoms with Crippen LogP contribution >= 0.6 is 0 Å². The van der Waals surface area contributed by atoms with E-state index in [1.807, 2.05) is 18.2 Å². The standard InChI is InChI=1S/C16H24N2O/c1-4-5-8-11-17-15(19)14-16(2,3)12-9-6-7-10-13(12)18-14/h6-7,9-10,14,18H,4-5,8,11H2,1-3H3,(H,17,19). The zero-order valence-corrected chi connectivity index (χ0v) is 12.1. The highest BCUT2D eigenvalue weighted by molar-refractivity contribution is 5.89. The molecule has 0 radical (unpaired) electrons. The molecule has 0 fully saturated rings. The molecule has 1 aliphatic rings. The number of nitrogens with one attached hydrogen (secondary N) is 2. The van der Waals surface area contributed by atoms with Crippen LogP contribution in [0.1, 0.15) is 45.6 Å². The van der Waals surface area contributed by atoms with Crippen LogP contribution in [0, 0.1) is 0 Å². The Morgan fingerprint density at radius 3 is 2.74 bits per heavy atom. The van der Waals surface area contributed by atoms with Crippen molar-refractivity contribution in [2.45, 2.75) is 51.5 Å². The SMILES string of the molecule is CCCCCNC(=O)C1Nc2ccccc2C1(C)C. The largest absolute Gasteiger partial charge is 0.373 e. The Kier molecular flexibility index (Phi) is 4.13. The lowest BCUT2D eigenvalue weighted by molar-refractivity contribution is -0.122. The van der Waals surface area contributed by atoms with E-state index in [2.05, 4.69) is 37.5 Å². The lowest BCUT2D eigenvalue weighted by Crippen LogP contribution is -2.47. The van der Waals surface area contributed by atoms with Gasteiger partial charge in [0.05, 0.1) is 0 Å². The minimum Gasteiger partial charge on any atom is -0.373 e. The van der Waals surface area contributed by atoms with Crippen LogP contribution in [0.4, 0.5) is 5.69 Å². The molecule has 1 heterocycles. The number of benzene rings is 1. The summed E-state index contributed by atoms with van der Waals surface area (Å²) < 4.78 is 0. The van der Waals surface area contributed by atoms with E-state index >= 15 is 0 Å². The molecular weight excluding hydrogens is 236 g/mol. The average molecular weight is 260 g/mol. The molecule has 0 aromatic heterocycles. The molecule has 0 aliphatic carbocycles. The minimum absolute atomic E-state index is 0.109. The van der Waals surface area contributed by atoms with Gasteiger partial charge < -0.3 is 10.6 Å². The summed E-state index contributed by atoms with van der Waals surface area (Å²) in [6, 6.07) is 8.01. The highest BCUT2D eigenvalue weighted by Crippen LogP contribution is 2.40. The van der Waals surface area contributed by atoms with Crippen LogP contribution in [0.5, 0.6) is 0 Å². The first-order valence-corrected chi connectivity index (χ1v) is 7.21. The normalized spacial score (nSPS) is 19.6. The van der Waals surface area contributed by atoms with Crippen LogP contribution in [-0.2, 0) is 10.2 Å². The monoisotopic (exact) mass is 260 g/mol. The number of unbranched alkanes of at least 4 members (excludes halogenated alkanes) is 2. The molecule has 2 N–H and O–H groups in total. The van der Waals surface area contributed by atoms with Gasteiger partial charge in [-0.25, -0.2) is 0 Å². The van der Waals surface area contributed by atoms with Gasteiger partial charge in [-0.3, -0.25) is 4.79 Å². The van der Waals surface area contributed by atoms with Crippen LogP contribution in [-0.4, -0.2) is 18.5 Å². The highest BCUT2D eigenvalue weighted by atomic mass is 16.2. The van der Waals surface area contributed by atoms with Crippen LogP contribution in [0.2, 0.25) is 0 Å². The second-order valence-corrected chi connectivity index (χ2v) is 5.84. The molecule has 0 spiro atoms. The summed E-state index contributed by atoms with van der Waals surface area (Å²) in [6.07, 6.45) is 3.40. The van der Waals surface area contributed by atoms with Crippen molar-refractivity contribution in [2.75, 3.05) is 11.9 Å². The van der Waals surface area contributed by atoms with Gasteiger partial charge in [-0.15, -0.1) is 0 Å². The molecule has 3 nitrogen and oxygen atoms in total. The Balaban J connectivity index is 2.01. The Hall–Kier alpha value is -1.51. The fraction of sp³-hybridized carbons (Fsp3) is 0.562. The van der Waals surface area contributed by atoms with Gasteiger partial charge in [0.2, 0.25) is 5.91 Å². The lowest BCUT2D eigenvalue weighted by atomic mass is 9.80. The fourth-order valence-electron chi connectivity index (χ4n) is 2.74. The predicted octanol–water partition coefficient (Wildman–Crippen LogP) is 3.06. The van der Waals surface area contributed by atoms with Crippen LogP contribution in [0.15, 0.2) is 24.3 Å². The van der Waals surface area contributed by atoms with Gasteiger partial charge in [0, 0.05) is 17.6 Å². The Morgan fingerprint density at radius 2 is 2.05 bits per heavy atom. The number of rotatable bonds is 5. The molecule has 1 atom stereocenters. The second-order valence-electron chi connectivity index (χ2n) is 5.84. The van der Waals surface area contributed by atoms with E-state index in [1.165, 1.54) is 18.4 Å². The van der Waals surface area contributed by atoms with E-state index < -0.39 is 0 Å². The Bertz CT molecular complexity index is 454. The predicted molar refractivity (Wildman–Crippen MR) is 79.4 cm³/mol. The molecule has 0 saturated heterocycles. The molecule has 1 amide bonds. The molecule has 19 heavy (non-hydrogen) atoms. The number of carbonyl (C=O) groups excluding carboxylic acids is 1. The van der Waals surface area contributed by atoms with Crippen molar-refractivity contribution < 1.29 is 4.79 Å². The van der Waals surface area contributed by atoms with Crippen LogP contribution < -0.4 is 10.6 Å². The van der Waals surface area contributed by atoms with E-state index in [1.54, 1.807) is 0 Å². The van der Waals surface area contributed by atoms with Gasteiger partial charge in [0.25, 0.3) is 0 Å². The summed E-state index contributed by atoms with van der Waals surface area (Å²) in [5, 5.41) is 6.40. The first-order valence-electron chi connectivity index (χ1n) is 7.21. The van der Waals surface area contributed by atoms with E-state index in [0.29, 0.717) is 0 Å². The molecule has 3 heteroatoms. The third-order valence-electron chi connectivity index (χ3n) is 3.98. The van der Waals surface area contributed by atoms with Gasteiger partial charge >= 0.3 is 0 Å². The van der Waals surface area contributed by atoms with Crippen molar-refractivity contribution in [3.8, 4) is 0 Å². The fourth-order valence-corrected chi connectivity index (χ4v) is 2.74. The number of anilines is 1. The molecular formula is C16H24N2O. The van der Waals surface area contributed by atoms with Gasteiger partial charge in [-0.1, -0.05) is 51.8 Å². The molecule has 1 aromatic carbocycles. The van der Waals surface area contributed by atoms with Crippen molar-refractivity contribution in [3.63, 3.8) is 0 Å². The average Bonchev–Trinajstić information content (AvgIpc) is 2.67.